The van der Waals surface area contributed by atoms with Crippen LogP contribution in [0.25, 0.3) is 0 Å². The lowest BCUT2D eigenvalue weighted by molar-refractivity contribution is -0.121. The van der Waals surface area contributed by atoms with Gasteiger partial charge in [-0.3, -0.25) is 9.79 Å². The summed E-state index contributed by atoms with van der Waals surface area (Å²) in [7, 11) is 1.84. The molecule has 27 heavy (non-hydrogen) atoms. The number of hydrogen-bond acceptors (Lipinski definition) is 2. The summed E-state index contributed by atoms with van der Waals surface area (Å²) >= 11 is 0. The van der Waals surface area contributed by atoms with E-state index in [1.807, 2.05) is 7.05 Å². The van der Waals surface area contributed by atoms with E-state index >= 15 is 0 Å². The summed E-state index contributed by atoms with van der Waals surface area (Å²) in [5.41, 5.74) is 1.45. The Morgan fingerprint density at radius 3 is 2.59 bits per heavy atom. The second-order valence-corrected chi connectivity index (χ2v) is 7.65. The van der Waals surface area contributed by atoms with Gasteiger partial charge in [-0.1, -0.05) is 37.3 Å². The Kier molecular flexibility index (Phi) is 8.86. The van der Waals surface area contributed by atoms with Crippen molar-refractivity contribution >= 4 is 35.8 Å². The molecule has 1 aliphatic heterocycles. The molecule has 0 bridgehead atoms. The van der Waals surface area contributed by atoms with E-state index in [0.29, 0.717) is 24.3 Å². The Bertz CT molecular complexity index is 618. The van der Waals surface area contributed by atoms with Crippen LogP contribution in [0.1, 0.15) is 50.5 Å². The quantitative estimate of drug-likeness (QED) is 0.282. The molecule has 0 aromatic heterocycles. The molecule has 1 amide bonds. The highest BCUT2D eigenvalue weighted by molar-refractivity contribution is 14.0. The molecule has 150 valence electrons. The number of aliphatic imine (C=N–C) groups is 1. The maximum Gasteiger partial charge on any atom is 0.220 e. The predicted octanol–water partition coefficient (Wildman–Crippen LogP) is 3.36. The van der Waals surface area contributed by atoms with Gasteiger partial charge in [0.15, 0.2) is 5.96 Å². The molecule has 2 N–H and O–H groups in total. The minimum atomic E-state index is 0. The van der Waals surface area contributed by atoms with Crippen molar-refractivity contribution in [2.45, 2.75) is 51.0 Å². The standard InChI is InChI=1S/C21H32N4O.HI/c1-16-15-25(14-12-19(16)17-7-4-3-5-8-17)21(22-2)23-13-6-9-20(26)24-18-10-11-18;/h3-5,7-8,16,18-19H,6,9-15H2,1-2H3,(H,22,23)(H,24,26);1H. The number of amides is 1. The number of carbonyl (C=O) groups is 1. The van der Waals surface area contributed by atoms with Crippen LogP contribution < -0.4 is 10.6 Å². The Labute approximate surface area is 180 Å². The first-order valence-electron chi connectivity index (χ1n) is 9.97. The molecule has 0 spiro atoms. The molecule has 1 aromatic rings. The SMILES string of the molecule is CN=C(NCCCC(=O)NC1CC1)N1CCC(c2ccccc2)C(C)C1.I. The number of benzene rings is 1. The number of nitrogens with zero attached hydrogens (tertiary/aromatic N) is 2. The third-order valence-electron chi connectivity index (χ3n) is 5.45. The van der Waals surface area contributed by atoms with E-state index in [1.165, 1.54) is 5.56 Å². The first kappa shape index (κ1) is 22.0. The van der Waals surface area contributed by atoms with Crippen LogP contribution in [0.4, 0.5) is 0 Å². The van der Waals surface area contributed by atoms with Gasteiger partial charge in [-0.05, 0) is 43.1 Å². The van der Waals surface area contributed by atoms with E-state index in [-0.39, 0.29) is 29.9 Å². The second kappa shape index (κ2) is 10.9. The minimum Gasteiger partial charge on any atom is -0.356 e. The third kappa shape index (κ3) is 6.66. The average molecular weight is 484 g/mol. The number of likely N-dealkylation sites (tertiary alicyclic amines) is 1. The van der Waals surface area contributed by atoms with Gasteiger partial charge in [0.1, 0.15) is 0 Å². The number of carbonyl (C=O) groups excluding carboxylic acids is 1. The summed E-state index contributed by atoms with van der Waals surface area (Å²) in [5, 5.41) is 6.47. The minimum absolute atomic E-state index is 0. The molecular weight excluding hydrogens is 451 g/mol. The van der Waals surface area contributed by atoms with E-state index in [4.69, 9.17) is 0 Å². The Morgan fingerprint density at radius 1 is 1.22 bits per heavy atom. The van der Waals surface area contributed by atoms with Crippen molar-refractivity contribution in [2.75, 3.05) is 26.7 Å². The van der Waals surface area contributed by atoms with Crippen LogP contribution in [0, 0.1) is 5.92 Å². The van der Waals surface area contributed by atoms with Crippen LogP contribution in [-0.4, -0.2) is 49.5 Å². The summed E-state index contributed by atoms with van der Waals surface area (Å²) in [6.45, 7) is 5.16. The fourth-order valence-corrected chi connectivity index (χ4v) is 3.84. The summed E-state index contributed by atoms with van der Waals surface area (Å²) in [5.74, 6) is 2.36. The van der Waals surface area contributed by atoms with Gasteiger partial charge in [-0.15, -0.1) is 24.0 Å². The number of piperidine rings is 1. The van der Waals surface area contributed by atoms with Crippen molar-refractivity contribution in [3.63, 3.8) is 0 Å². The molecule has 2 unspecified atom stereocenters. The molecule has 3 rings (SSSR count). The fourth-order valence-electron chi connectivity index (χ4n) is 3.84. The zero-order chi connectivity index (χ0) is 18.4. The molecule has 2 aliphatic rings. The van der Waals surface area contributed by atoms with Gasteiger partial charge < -0.3 is 15.5 Å². The van der Waals surface area contributed by atoms with Crippen LogP contribution in [0.15, 0.2) is 35.3 Å². The lowest BCUT2D eigenvalue weighted by Crippen LogP contribution is -2.48. The lowest BCUT2D eigenvalue weighted by Gasteiger charge is -2.39. The largest absolute Gasteiger partial charge is 0.356 e. The van der Waals surface area contributed by atoms with E-state index < -0.39 is 0 Å². The fraction of sp³-hybridized carbons (Fsp3) is 0.619. The van der Waals surface area contributed by atoms with E-state index in [2.05, 4.69) is 57.8 Å². The summed E-state index contributed by atoms with van der Waals surface area (Å²) in [4.78, 5) is 18.5. The Morgan fingerprint density at radius 2 is 1.96 bits per heavy atom. The van der Waals surface area contributed by atoms with Gasteiger partial charge in [0.2, 0.25) is 5.91 Å². The molecule has 0 radical (unpaired) electrons. The van der Waals surface area contributed by atoms with Crippen LogP contribution in [-0.2, 0) is 4.79 Å². The highest BCUT2D eigenvalue weighted by Gasteiger charge is 2.28. The molecule has 5 nitrogen and oxygen atoms in total. The molecule has 6 heteroatoms. The molecule has 1 heterocycles. The number of halogens is 1. The topological polar surface area (TPSA) is 56.7 Å². The molecule has 2 atom stereocenters. The van der Waals surface area contributed by atoms with Crippen molar-refractivity contribution in [2.24, 2.45) is 10.9 Å². The molecule has 2 fully saturated rings. The van der Waals surface area contributed by atoms with Gasteiger partial charge in [0.25, 0.3) is 0 Å². The van der Waals surface area contributed by atoms with E-state index in [1.54, 1.807) is 0 Å². The van der Waals surface area contributed by atoms with Crippen LogP contribution in [0.2, 0.25) is 0 Å². The van der Waals surface area contributed by atoms with Crippen molar-refractivity contribution in [1.82, 2.24) is 15.5 Å². The summed E-state index contributed by atoms with van der Waals surface area (Å²) < 4.78 is 0. The first-order valence-corrected chi connectivity index (χ1v) is 9.97. The number of hydrogen-bond donors (Lipinski definition) is 2. The van der Waals surface area contributed by atoms with Gasteiger partial charge in [-0.2, -0.15) is 0 Å². The lowest BCUT2D eigenvalue weighted by atomic mass is 9.82. The second-order valence-electron chi connectivity index (χ2n) is 7.65. The average Bonchev–Trinajstić information content (AvgIpc) is 3.46. The highest BCUT2D eigenvalue weighted by Crippen LogP contribution is 2.32. The molecule has 1 saturated heterocycles. The molecule has 1 saturated carbocycles. The Balaban J connectivity index is 0.00000261. The number of guanidine groups is 1. The van der Waals surface area contributed by atoms with Gasteiger partial charge in [0, 0.05) is 39.1 Å². The van der Waals surface area contributed by atoms with Gasteiger partial charge in [0.05, 0.1) is 0 Å². The van der Waals surface area contributed by atoms with Crippen LogP contribution >= 0.6 is 24.0 Å². The van der Waals surface area contributed by atoms with Crippen LogP contribution in [0.5, 0.6) is 0 Å². The highest BCUT2D eigenvalue weighted by atomic mass is 127. The third-order valence-corrected chi connectivity index (χ3v) is 5.45. The van der Waals surface area contributed by atoms with Crippen molar-refractivity contribution in [1.29, 1.82) is 0 Å². The summed E-state index contributed by atoms with van der Waals surface area (Å²) in [6.07, 6.45) is 4.87. The van der Waals surface area contributed by atoms with Gasteiger partial charge in [-0.25, -0.2) is 0 Å². The number of nitrogens with one attached hydrogen (secondary N) is 2. The van der Waals surface area contributed by atoms with Crippen molar-refractivity contribution in [3.8, 4) is 0 Å². The molecular formula is C21H33IN4O. The molecule has 1 aliphatic carbocycles. The summed E-state index contributed by atoms with van der Waals surface area (Å²) in [6, 6.07) is 11.3. The van der Waals surface area contributed by atoms with Crippen LogP contribution in [0.3, 0.4) is 0 Å². The zero-order valence-corrected chi connectivity index (χ0v) is 18.8. The first-order chi connectivity index (χ1) is 12.7. The molecule has 1 aromatic carbocycles. The van der Waals surface area contributed by atoms with E-state index in [9.17, 15) is 4.79 Å². The number of rotatable bonds is 6. The predicted molar refractivity (Wildman–Crippen MR) is 122 cm³/mol. The monoisotopic (exact) mass is 484 g/mol. The van der Waals surface area contributed by atoms with E-state index in [0.717, 1.165) is 51.3 Å². The smallest absolute Gasteiger partial charge is 0.220 e. The van der Waals surface area contributed by atoms with Gasteiger partial charge >= 0.3 is 0 Å². The maximum absolute atomic E-state index is 11.7. The maximum atomic E-state index is 11.7. The zero-order valence-electron chi connectivity index (χ0n) is 16.5. The normalized spacial score (nSPS) is 22.7. The van der Waals surface area contributed by atoms with Crippen molar-refractivity contribution in [3.05, 3.63) is 35.9 Å². The van der Waals surface area contributed by atoms with Crippen molar-refractivity contribution < 1.29 is 4.79 Å². The Hall–Kier alpha value is -1.31.